The molecule has 0 radical (unpaired) electrons. The van der Waals surface area contributed by atoms with E-state index in [2.05, 4.69) is 16.7 Å². The van der Waals surface area contributed by atoms with Gasteiger partial charge in [-0.25, -0.2) is 0 Å². The Morgan fingerprint density at radius 2 is 1.62 bits per heavy atom. The van der Waals surface area contributed by atoms with E-state index in [1.165, 1.54) is 0 Å². The molecule has 2 rings (SSSR count). The number of methoxy groups -OCH3 is 1. The maximum atomic E-state index is 10.6. The molecule has 1 aliphatic heterocycles. The van der Waals surface area contributed by atoms with Crippen molar-refractivity contribution in [3.05, 3.63) is 28.8 Å². The molecule has 1 N–H and O–H groups in total. The minimum atomic E-state index is -0.427. The third-order valence-electron chi connectivity index (χ3n) is 4.48. The van der Waals surface area contributed by atoms with E-state index in [1.54, 1.807) is 7.11 Å². The van der Waals surface area contributed by atoms with Crippen LogP contribution in [0.5, 0.6) is 5.75 Å². The van der Waals surface area contributed by atoms with Crippen molar-refractivity contribution < 1.29 is 9.84 Å². The van der Waals surface area contributed by atoms with Crippen molar-refractivity contribution in [2.24, 2.45) is 0 Å². The molecule has 0 saturated carbocycles. The third kappa shape index (κ3) is 3.96. The molecule has 4 nitrogen and oxygen atoms in total. The van der Waals surface area contributed by atoms with Gasteiger partial charge in [0, 0.05) is 32.7 Å². The third-order valence-corrected chi connectivity index (χ3v) is 4.48. The number of hydrogen-bond acceptors (Lipinski definition) is 4. The number of aryl methyl sites for hydroxylation is 2. The highest BCUT2D eigenvalue weighted by Crippen LogP contribution is 2.27. The molecule has 1 aromatic carbocycles. The maximum absolute atomic E-state index is 10.6. The summed E-state index contributed by atoms with van der Waals surface area (Å²) in [6.45, 7) is 12.4. The summed E-state index contributed by atoms with van der Waals surface area (Å²) in [5, 5.41) is 10.6. The Hall–Kier alpha value is -1.10. The number of nitrogens with zero attached hydrogens (tertiary/aromatic N) is 2. The molecular weight excluding hydrogens is 264 g/mol. The van der Waals surface area contributed by atoms with Crippen molar-refractivity contribution in [3.63, 3.8) is 0 Å². The van der Waals surface area contributed by atoms with Gasteiger partial charge in [-0.15, -0.1) is 0 Å². The Labute approximate surface area is 128 Å². The number of β-amino-alcohol motifs (C(OH)–C–C–N with tert-alkyl or cyclic N) is 1. The predicted octanol–water partition coefficient (Wildman–Crippen LogP) is 1.98. The van der Waals surface area contributed by atoms with Crippen molar-refractivity contribution in [2.45, 2.75) is 26.9 Å². The van der Waals surface area contributed by atoms with Gasteiger partial charge < -0.3 is 14.7 Å². The first-order chi connectivity index (χ1) is 10.0. The Morgan fingerprint density at radius 3 is 2.10 bits per heavy atom. The summed E-state index contributed by atoms with van der Waals surface area (Å²) in [5.41, 5.74) is 3.26. The second-order valence-electron chi connectivity index (χ2n) is 5.93. The van der Waals surface area contributed by atoms with Gasteiger partial charge in [-0.2, -0.15) is 0 Å². The summed E-state index contributed by atoms with van der Waals surface area (Å²) in [7, 11) is 1.68. The topological polar surface area (TPSA) is 35.9 Å². The van der Waals surface area contributed by atoms with Gasteiger partial charge >= 0.3 is 0 Å². The van der Waals surface area contributed by atoms with Crippen LogP contribution in [0.1, 0.15) is 29.7 Å². The summed E-state index contributed by atoms with van der Waals surface area (Å²) in [6, 6.07) is 4.00. The molecule has 0 spiro atoms. The molecule has 0 aliphatic carbocycles. The van der Waals surface area contributed by atoms with Crippen LogP contribution in [0, 0.1) is 13.8 Å². The zero-order valence-electron chi connectivity index (χ0n) is 13.7. The van der Waals surface area contributed by atoms with Crippen LogP contribution in [-0.4, -0.2) is 61.3 Å². The van der Waals surface area contributed by atoms with Gasteiger partial charge in [0.15, 0.2) is 0 Å². The lowest BCUT2D eigenvalue weighted by atomic mass is 9.97. The highest BCUT2D eigenvalue weighted by atomic mass is 16.5. The van der Waals surface area contributed by atoms with E-state index in [4.69, 9.17) is 4.74 Å². The molecule has 1 atom stereocenters. The lowest BCUT2D eigenvalue weighted by Gasteiger charge is -2.35. The first kappa shape index (κ1) is 16.3. The Balaban J connectivity index is 2.02. The van der Waals surface area contributed by atoms with Crippen molar-refractivity contribution in [2.75, 3.05) is 46.4 Å². The molecule has 1 saturated heterocycles. The van der Waals surface area contributed by atoms with Gasteiger partial charge in [-0.1, -0.05) is 6.92 Å². The summed E-state index contributed by atoms with van der Waals surface area (Å²) in [5.74, 6) is 0.859. The van der Waals surface area contributed by atoms with E-state index in [9.17, 15) is 5.11 Å². The summed E-state index contributed by atoms with van der Waals surface area (Å²) in [4.78, 5) is 4.81. The zero-order valence-corrected chi connectivity index (χ0v) is 13.7. The molecule has 4 heteroatoms. The van der Waals surface area contributed by atoms with Crippen LogP contribution in [0.25, 0.3) is 0 Å². The molecule has 1 heterocycles. The van der Waals surface area contributed by atoms with E-state index in [0.29, 0.717) is 6.54 Å². The van der Waals surface area contributed by atoms with E-state index in [1.807, 2.05) is 26.0 Å². The van der Waals surface area contributed by atoms with Gasteiger partial charge in [-0.05, 0) is 49.2 Å². The molecule has 0 amide bonds. The predicted molar refractivity (Wildman–Crippen MR) is 86.0 cm³/mol. The van der Waals surface area contributed by atoms with Crippen LogP contribution < -0.4 is 4.74 Å². The average Bonchev–Trinajstić information content (AvgIpc) is 2.47. The smallest absolute Gasteiger partial charge is 0.119 e. The Bertz CT molecular complexity index is 445. The van der Waals surface area contributed by atoms with Gasteiger partial charge in [-0.3, -0.25) is 4.90 Å². The summed E-state index contributed by atoms with van der Waals surface area (Å²) in [6.07, 6.45) is -0.427. The highest BCUT2D eigenvalue weighted by Gasteiger charge is 2.21. The van der Waals surface area contributed by atoms with Crippen LogP contribution in [0.3, 0.4) is 0 Å². The highest BCUT2D eigenvalue weighted by molar-refractivity contribution is 5.42. The van der Waals surface area contributed by atoms with E-state index >= 15 is 0 Å². The second kappa shape index (κ2) is 7.25. The van der Waals surface area contributed by atoms with Crippen LogP contribution in [0.15, 0.2) is 12.1 Å². The van der Waals surface area contributed by atoms with E-state index in [0.717, 1.165) is 55.2 Å². The zero-order chi connectivity index (χ0) is 15.4. The molecule has 118 valence electrons. The van der Waals surface area contributed by atoms with Gasteiger partial charge in [0.2, 0.25) is 0 Å². The van der Waals surface area contributed by atoms with Crippen LogP contribution in [0.4, 0.5) is 0 Å². The number of aliphatic hydroxyl groups is 1. The Morgan fingerprint density at radius 1 is 1.10 bits per heavy atom. The number of aliphatic hydroxyl groups excluding tert-OH is 1. The van der Waals surface area contributed by atoms with E-state index in [-0.39, 0.29) is 0 Å². The van der Waals surface area contributed by atoms with Crippen molar-refractivity contribution in [3.8, 4) is 5.75 Å². The quantitative estimate of drug-likeness (QED) is 0.900. The molecule has 0 aromatic heterocycles. The van der Waals surface area contributed by atoms with Crippen LogP contribution in [0.2, 0.25) is 0 Å². The number of ether oxygens (including phenoxy) is 1. The molecule has 21 heavy (non-hydrogen) atoms. The molecule has 1 aromatic rings. The maximum Gasteiger partial charge on any atom is 0.119 e. The lowest BCUT2D eigenvalue weighted by Crippen LogP contribution is -2.47. The van der Waals surface area contributed by atoms with Crippen LogP contribution in [-0.2, 0) is 0 Å². The van der Waals surface area contributed by atoms with E-state index < -0.39 is 6.10 Å². The minimum Gasteiger partial charge on any atom is -0.497 e. The molecule has 0 bridgehead atoms. The summed E-state index contributed by atoms with van der Waals surface area (Å²) < 4.78 is 5.29. The monoisotopic (exact) mass is 292 g/mol. The SMILES string of the molecule is CCN1CCN(CC(O)c2c(C)cc(OC)cc2C)CC1. The average molecular weight is 292 g/mol. The largest absolute Gasteiger partial charge is 0.497 e. The first-order valence-electron chi connectivity index (χ1n) is 7.83. The molecule has 1 unspecified atom stereocenters. The number of hydrogen-bond donors (Lipinski definition) is 1. The number of likely N-dealkylation sites (N-methyl/N-ethyl adjacent to an activating group) is 1. The number of rotatable bonds is 5. The number of benzene rings is 1. The van der Waals surface area contributed by atoms with Crippen molar-refractivity contribution in [1.29, 1.82) is 0 Å². The molecule has 1 aliphatic rings. The summed E-state index contributed by atoms with van der Waals surface area (Å²) >= 11 is 0. The minimum absolute atomic E-state index is 0.427. The normalized spacial score (nSPS) is 18.7. The van der Waals surface area contributed by atoms with Gasteiger partial charge in [0.05, 0.1) is 13.2 Å². The Kier molecular flexibility index (Phi) is 5.62. The fraction of sp³-hybridized carbons (Fsp3) is 0.647. The van der Waals surface area contributed by atoms with Gasteiger partial charge in [0.1, 0.15) is 5.75 Å². The van der Waals surface area contributed by atoms with Crippen molar-refractivity contribution in [1.82, 2.24) is 9.80 Å². The lowest BCUT2D eigenvalue weighted by molar-refractivity contribution is 0.0738. The second-order valence-corrected chi connectivity index (χ2v) is 5.93. The van der Waals surface area contributed by atoms with Crippen molar-refractivity contribution >= 4 is 0 Å². The number of piperazine rings is 1. The fourth-order valence-corrected chi connectivity index (χ4v) is 3.20. The first-order valence-corrected chi connectivity index (χ1v) is 7.83. The van der Waals surface area contributed by atoms with Gasteiger partial charge in [0.25, 0.3) is 0 Å². The fourth-order valence-electron chi connectivity index (χ4n) is 3.20. The molecule has 1 fully saturated rings. The molecular formula is C17H28N2O2. The standard InChI is InChI=1S/C17H28N2O2/c1-5-18-6-8-19(9-7-18)12-16(20)17-13(2)10-15(21-4)11-14(17)3/h10-11,16,20H,5-9,12H2,1-4H3. The van der Waals surface area contributed by atoms with Crippen LogP contribution >= 0.6 is 0 Å².